The minimum atomic E-state index is -0.416. The van der Waals surface area contributed by atoms with Gasteiger partial charge < -0.3 is 5.11 Å². The highest BCUT2D eigenvalue weighted by atomic mass is 16.6. The van der Waals surface area contributed by atoms with Gasteiger partial charge in [-0.3, -0.25) is 10.1 Å². The summed E-state index contributed by atoms with van der Waals surface area (Å²) < 4.78 is 0. The van der Waals surface area contributed by atoms with Gasteiger partial charge >= 0.3 is 0 Å². The largest absolute Gasteiger partial charge is 0.507 e. The number of hydrogen-bond acceptors (Lipinski definition) is 3. The molecule has 16 heavy (non-hydrogen) atoms. The first kappa shape index (κ1) is 10.4. The summed E-state index contributed by atoms with van der Waals surface area (Å²) >= 11 is 0. The molecule has 4 nitrogen and oxygen atoms in total. The fraction of sp³-hybridized carbons (Fsp3) is 0.167. The van der Waals surface area contributed by atoms with Crippen LogP contribution in [-0.4, -0.2) is 10.0 Å². The number of non-ortho nitro benzene ring substituents is 1. The Morgan fingerprint density at radius 3 is 2.50 bits per heavy atom. The monoisotopic (exact) mass is 217 g/mol. The van der Waals surface area contributed by atoms with E-state index in [1.54, 1.807) is 24.3 Å². The second kappa shape index (κ2) is 3.81. The van der Waals surface area contributed by atoms with Gasteiger partial charge in [0.2, 0.25) is 0 Å². The highest BCUT2D eigenvalue weighted by Crippen LogP contribution is 2.35. The first-order chi connectivity index (χ1) is 7.65. The number of nitro groups is 1. The number of benzene rings is 2. The maximum absolute atomic E-state index is 10.9. The number of aromatic hydroxyl groups is 1. The van der Waals surface area contributed by atoms with Crippen LogP contribution in [0.1, 0.15) is 12.5 Å². The van der Waals surface area contributed by atoms with Crippen LogP contribution in [-0.2, 0) is 6.42 Å². The zero-order valence-corrected chi connectivity index (χ0v) is 8.80. The van der Waals surface area contributed by atoms with Crippen LogP contribution in [0, 0.1) is 10.1 Å². The third kappa shape index (κ3) is 1.48. The van der Waals surface area contributed by atoms with Crippen LogP contribution in [0.25, 0.3) is 10.8 Å². The fourth-order valence-electron chi connectivity index (χ4n) is 1.82. The summed E-state index contributed by atoms with van der Waals surface area (Å²) in [5.74, 6) is 0.142. The van der Waals surface area contributed by atoms with Gasteiger partial charge in [0.15, 0.2) is 0 Å². The Labute approximate surface area is 92.3 Å². The molecule has 0 atom stereocenters. The minimum Gasteiger partial charge on any atom is -0.507 e. The van der Waals surface area contributed by atoms with E-state index in [0.29, 0.717) is 22.8 Å². The lowest BCUT2D eigenvalue weighted by atomic mass is 10.0. The molecule has 0 spiro atoms. The number of rotatable bonds is 2. The van der Waals surface area contributed by atoms with Gasteiger partial charge in [-0.2, -0.15) is 0 Å². The summed E-state index contributed by atoms with van der Waals surface area (Å²) in [6.45, 7) is 1.85. The van der Waals surface area contributed by atoms with Crippen molar-refractivity contribution in [3.8, 4) is 5.75 Å². The van der Waals surface area contributed by atoms with Crippen molar-refractivity contribution in [1.82, 2.24) is 0 Å². The van der Waals surface area contributed by atoms with Crippen molar-refractivity contribution in [1.29, 1.82) is 0 Å². The van der Waals surface area contributed by atoms with Crippen LogP contribution in [0.15, 0.2) is 30.3 Å². The number of hydrogen-bond donors (Lipinski definition) is 1. The van der Waals surface area contributed by atoms with Gasteiger partial charge in [0.25, 0.3) is 5.69 Å². The predicted molar refractivity (Wildman–Crippen MR) is 61.6 cm³/mol. The van der Waals surface area contributed by atoms with Crippen molar-refractivity contribution < 1.29 is 10.0 Å². The average molecular weight is 217 g/mol. The standard InChI is InChI=1S/C12H11NO3/c1-2-8-7-11(13(15)16)9-5-3-4-6-10(9)12(8)14/h3-7,14H,2H2,1H3. The summed E-state index contributed by atoms with van der Waals surface area (Å²) in [5, 5.41) is 21.9. The molecule has 2 rings (SSSR count). The Kier molecular flexibility index (Phi) is 2.48. The average Bonchev–Trinajstić information content (AvgIpc) is 2.29. The highest BCUT2D eigenvalue weighted by molar-refractivity contribution is 5.96. The van der Waals surface area contributed by atoms with Gasteiger partial charge in [-0.1, -0.05) is 25.1 Å². The molecule has 0 bridgehead atoms. The van der Waals surface area contributed by atoms with Crippen molar-refractivity contribution in [2.24, 2.45) is 0 Å². The Morgan fingerprint density at radius 1 is 1.31 bits per heavy atom. The molecular weight excluding hydrogens is 206 g/mol. The molecule has 0 saturated heterocycles. The highest BCUT2D eigenvalue weighted by Gasteiger charge is 2.16. The molecule has 0 radical (unpaired) electrons. The summed E-state index contributed by atoms with van der Waals surface area (Å²) in [7, 11) is 0. The van der Waals surface area contributed by atoms with E-state index in [4.69, 9.17) is 0 Å². The minimum absolute atomic E-state index is 0.0465. The van der Waals surface area contributed by atoms with Crippen molar-refractivity contribution >= 4 is 16.5 Å². The molecule has 0 aliphatic heterocycles. The summed E-state index contributed by atoms with van der Waals surface area (Å²) in [6, 6.07) is 8.26. The second-order valence-electron chi connectivity index (χ2n) is 3.56. The van der Waals surface area contributed by atoms with Gasteiger partial charge in [0, 0.05) is 17.0 Å². The number of phenols is 1. The summed E-state index contributed by atoms with van der Waals surface area (Å²) in [6.07, 6.45) is 0.567. The maximum atomic E-state index is 10.9. The number of phenolic OH excluding ortho intramolecular Hbond substituents is 1. The first-order valence-corrected chi connectivity index (χ1v) is 5.03. The molecular formula is C12H11NO3. The Morgan fingerprint density at radius 2 is 1.94 bits per heavy atom. The van der Waals surface area contributed by atoms with Crippen LogP contribution in [0.5, 0.6) is 5.75 Å². The fourth-order valence-corrected chi connectivity index (χ4v) is 1.82. The zero-order chi connectivity index (χ0) is 11.7. The van der Waals surface area contributed by atoms with Crippen molar-refractivity contribution in [3.63, 3.8) is 0 Å². The summed E-state index contributed by atoms with van der Waals surface area (Å²) in [4.78, 5) is 10.5. The van der Waals surface area contributed by atoms with E-state index in [0.717, 1.165) is 0 Å². The van der Waals surface area contributed by atoms with Crippen molar-refractivity contribution in [2.45, 2.75) is 13.3 Å². The molecule has 0 amide bonds. The van der Waals surface area contributed by atoms with E-state index in [1.807, 2.05) is 6.92 Å². The van der Waals surface area contributed by atoms with Crippen molar-refractivity contribution in [2.75, 3.05) is 0 Å². The van der Waals surface area contributed by atoms with Gasteiger partial charge in [0.1, 0.15) is 5.75 Å². The lowest BCUT2D eigenvalue weighted by Gasteiger charge is -2.06. The molecule has 4 heteroatoms. The quantitative estimate of drug-likeness (QED) is 0.621. The summed E-state index contributed by atoms with van der Waals surface area (Å²) in [5.41, 5.74) is 0.649. The third-order valence-electron chi connectivity index (χ3n) is 2.65. The van der Waals surface area contributed by atoms with Gasteiger partial charge in [-0.25, -0.2) is 0 Å². The molecule has 0 aromatic heterocycles. The van der Waals surface area contributed by atoms with Crippen molar-refractivity contribution in [3.05, 3.63) is 46.0 Å². The molecule has 2 aromatic carbocycles. The van der Waals surface area contributed by atoms with E-state index < -0.39 is 4.92 Å². The molecule has 82 valence electrons. The van der Waals surface area contributed by atoms with E-state index >= 15 is 0 Å². The molecule has 0 aliphatic rings. The third-order valence-corrected chi connectivity index (χ3v) is 2.65. The molecule has 0 fully saturated rings. The van der Waals surface area contributed by atoms with Crippen LogP contribution in [0.2, 0.25) is 0 Å². The number of nitrogens with zero attached hydrogens (tertiary/aromatic N) is 1. The lowest BCUT2D eigenvalue weighted by Crippen LogP contribution is -1.93. The number of fused-ring (bicyclic) bond motifs is 1. The Bertz CT molecular complexity index is 563. The molecule has 2 aromatic rings. The van der Waals surface area contributed by atoms with Crippen LogP contribution in [0.4, 0.5) is 5.69 Å². The van der Waals surface area contributed by atoms with Crippen LogP contribution < -0.4 is 0 Å². The number of aryl methyl sites for hydroxylation is 1. The predicted octanol–water partition coefficient (Wildman–Crippen LogP) is 3.02. The smallest absolute Gasteiger partial charge is 0.277 e. The van der Waals surface area contributed by atoms with E-state index in [9.17, 15) is 15.2 Å². The van der Waals surface area contributed by atoms with E-state index in [2.05, 4.69) is 0 Å². The van der Waals surface area contributed by atoms with E-state index in [-0.39, 0.29) is 11.4 Å². The maximum Gasteiger partial charge on any atom is 0.277 e. The molecule has 0 unspecified atom stereocenters. The topological polar surface area (TPSA) is 63.4 Å². The van der Waals surface area contributed by atoms with Gasteiger partial charge in [0.05, 0.1) is 10.3 Å². The molecule has 0 saturated carbocycles. The van der Waals surface area contributed by atoms with Gasteiger partial charge in [-0.15, -0.1) is 0 Å². The molecule has 0 heterocycles. The van der Waals surface area contributed by atoms with E-state index in [1.165, 1.54) is 6.07 Å². The Hall–Kier alpha value is -2.10. The van der Waals surface area contributed by atoms with Crippen LogP contribution >= 0.6 is 0 Å². The lowest BCUT2D eigenvalue weighted by molar-refractivity contribution is -0.383. The Balaban J connectivity index is 2.90. The second-order valence-corrected chi connectivity index (χ2v) is 3.56. The SMILES string of the molecule is CCc1cc([N+](=O)[O-])c2ccccc2c1O. The molecule has 0 aliphatic carbocycles. The first-order valence-electron chi connectivity index (χ1n) is 5.03. The zero-order valence-electron chi connectivity index (χ0n) is 8.80. The van der Waals surface area contributed by atoms with Crippen LogP contribution in [0.3, 0.4) is 0 Å². The van der Waals surface area contributed by atoms with Gasteiger partial charge in [-0.05, 0) is 12.5 Å². The normalized spacial score (nSPS) is 10.6. The molecule has 1 N–H and O–H groups in total. The number of nitro benzene ring substituents is 1.